The fourth-order valence-corrected chi connectivity index (χ4v) is 2.83. The van der Waals surface area contributed by atoms with Gasteiger partial charge < -0.3 is 15.3 Å². The third-order valence-corrected chi connectivity index (χ3v) is 4.24. The fourth-order valence-electron chi connectivity index (χ4n) is 2.29. The number of pyridine rings is 1. The molecule has 1 saturated heterocycles. The van der Waals surface area contributed by atoms with E-state index in [0.29, 0.717) is 34.1 Å². The van der Waals surface area contributed by atoms with Crippen LogP contribution in [0.15, 0.2) is 6.07 Å². The van der Waals surface area contributed by atoms with Gasteiger partial charge in [-0.05, 0) is 24.8 Å². The lowest BCUT2D eigenvalue weighted by Gasteiger charge is -2.35. The quantitative estimate of drug-likeness (QED) is 0.893. The number of hydrogen-bond donors (Lipinski definition) is 2. The normalized spacial score (nSPS) is 22.9. The summed E-state index contributed by atoms with van der Waals surface area (Å²) < 4.78 is 0. The zero-order valence-electron chi connectivity index (χ0n) is 11.9. The Balaban J connectivity index is 2.22. The molecule has 0 saturated carbocycles. The molecule has 2 unspecified atom stereocenters. The Kier molecular flexibility index (Phi) is 5.35. The second-order valence-electron chi connectivity index (χ2n) is 5.33. The number of piperidine rings is 1. The van der Waals surface area contributed by atoms with Crippen LogP contribution in [-0.4, -0.2) is 35.8 Å². The minimum atomic E-state index is -0.343. The van der Waals surface area contributed by atoms with Crippen LogP contribution in [0, 0.1) is 5.92 Å². The van der Waals surface area contributed by atoms with Crippen molar-refractivity contribution < 1.29 is 5.11 Å². The third kappa shape index (κ3) is 3.48. The number of aliphatic hydroxyl groups is 1. The Morgan fingerprint density at radius 1 is 1.45 bits per heavy atom. The maximum Gasteiger partial charge on any atom is 0.150 e. The van der Waals surface area contributed by atoms with Gasteiger partial charge in [-0.1, -0.05) is 37.0 Å². The van der Waals surface area contributed by atoms with Gasteiger partial charge in [-0.2, -0.15) is 0 Å². The molecular weight excluding hydrogens is 297 g/mol. The Labute approximate surface area is 130 Å². The van der Waals surface area contributed by atoms with Crippen molar-refractivity contribution in [3.8, 4) is 0 Å². The summed E-state index contributed by atoms with van der Waals surface area (Å²) in [5, 5.41) is 14.3. The molecule has 4 nitrogen and oxygen atoms in total. The molecule has 1 aromatic rings. The molecule has 0 radical (unpaired) electrons. The molecule has 2 rings (SSSR count). The maximum absolute atomic E-state index is 10.0. The molecule has 1 aromatic heterocycles. The van der Waals surface area contributed by atoms with E-state index < -0.39 is 0 Å². The van der Waals surface area contributed by atoms with Crippen LogP contribution in [0.5, 0.6) is 0 Å². The molecule has 0 aliphatic carbocycles. The number of halogens is 2. The van der Waals surface area contributed by atoms with Crippen molar-refractivity contribution in [1.82, 2.24) is 4.98 Å². The molecule has 2 atom stereocenters. The predicted molar refractivity (Wildman–Crippen MR) is 85.0 cm³/mol. The SMILES string of the molecule is CCCNc1nc(N2CCC(C)C(O)C2)c(Cl)cc1Cl. The minimum absolute atomic E-state index is 0.315. The third-order valence-electron chi connectivity index (χ3n) is 3.67. The van der Waals surface area contributed by atoms with Crippen molar-refractivity contribution in [2.24, 2.45) is 5.92 Å². The summed E-state index contributed by atoms with van der Waals surface area (Å²) in [6, 6.07) is 1.72. The van der Waals surface area contributed by atoms with Crippen LogP contribution < -0.4 is 10.2 Å². The van der Waals surface area contributed by atoms with Crippen LogP contribution in [0.3, 0.4) is 0 Å². The number of aromatic nitrogens is 1. The van der Waals surface area contributed by atoms with Crippen LogP contribution in [-0.2, 0) is 0 Å². The summed E-state index contributed by atoms with van der Waals surface area (Å²) in [5.74, 6) is 1.66. The monoisotopic (exact) mass is 317 g/mol. The van der Waals surface area contributed by atoms with Crippen LogP contribution in [0.2, 0.25) is 10.0 Å². The first-order chi connectivity index (χ1) is 9.52. The van der Waals surface area contributed by atoms with E-state index in [9.17, 15) is 5.11 Å². The van der Waals surface area contributed by atoms with Gasteiger partial charge in [0.05, 0.1) is 16.1 Å². The fraction of sp³-hybridized carbons (Fsp3) is 0.643. The van der Waals surface area contributed by atoms with Crippen LogP contribution >= 0.6 is 23.2 Å². The number of nitrogens with zero attached hydrogens (tertiary/aromatic N) is 2. The van der Waals surface area contributed by atoms with Gasteiger partial charge in [-0.15, -0.1) is 0 Å². The van der Waals surface area contributed by atoms with Gasteiger partial charge in [0.15, 0.2) is 0 Å². The average molecular weight is 318 g/mol. The first-order valence-corrected chi connectivity index (χ1v) is 7.81. The number of nitrogens with one attached hydrogen (secondary N) is 1. The highest BCUT2D eigenvalue weighted by molar-refractivity contribution is 6.37. The molecule has 1 aliphatic heterocycles. The molecule has 1 fully saturated rings. The van der Waals surface area contributed by atoms with E-state index in [-0.39, 0.29) is 6.10 Å². The summed E-state index contributed by atoms with van der Waals surface area (Å²) in [6.07, 6.45) is 1.58. The van der Waals surface area contributed by atoms with E-state index in [4.69, 9.17) is 23.2 Å². The van der Waals surface area contributed by atoms with Gasteiger partial charge in [0, 0.05) is 19.6 Å². The van der Waals surface area contributed by atoms with E-state index in [1.54, 1.807) is 6.07 Å². The second kappa shape index (κ2) is 6.83. The van der Waals surface area contributed by atoms with Gasteiger partial charge in [-0.3, -0.25) is 0 Å². The first-order valence-electron chi connectivity index (χ1n) is 7.05. The molecule has 2 N–H and O–H groups in total. The van der Waals surface area contributed by atoms with Gasteiger partial charge in [0.1, 0.15) is 11.6 Å². The lowest BCUT2D eigenvalue weighted by molar-refractivity contribution is 0.102. The number of aliphatic hydroxyl groups excluding tert-OH is 1. The minimum Gasteiger partial charge on any atom is -0.391 e. The predicted octanol–water partition coefficient (Wildman–Crippen LogP) is 3.42. The summed E-state index contributed by atoms with van der Waals surface area (Å²) in [5.41, 5.74) is 0. The summed E-state index contributed by atoms with van der Waals surface area (Å²) in [4.78, 5) is 6.56. The molecule has 0 aromatic carbocycles. The number of anilines is 2. The number of β-amino-alcohol motifs (C(OH)–C–C–N with tert-alkyl or cyclic N) is 1. The van der Waals surface area contributed by atoms with Crippen molar-refractivity contribution in [2.45, 2.75) is 32.8 Å². The number of rotatable bonds is 4. The largest absolute Gasteiger partial charge is 0.391 e. The van der Waals surface area contributed by atoms with E-state index in [2.05, 4.69) is 24.1 Å². The van der Waals surface area contributed by atoms with Gasteiger partial charge >= 0.3 is 0 Å². The van der Waals surface area contributed by atoms with Crippen LogP contribution in [0.4, 0.5) is 11.6 Å². The highest BCUT2D eigenvalue weighted by atomic mass is 35.5. The smallest absolute Gasteiger partial charge is 0.150 e. The highest BCUT2D eigenvalue weighted by Crippen LogP contribution is 2.33. The second-order valence-corrected chi connectivity index (χ2v) is 6.14. The van der Waals surface area contributed by atoms with E-state index >= 15 is 0 Å². The average Bonchev–Trinajstić information content (AvgIpc) is 2.41. The summed E-state index contributed by atoms with van der Waals surface area (Å²) >= 11 is 12.4. The lowest BCUT2D eigenvalue weighted by atomic mass is 9.96. The Hall–Kier alpha value is -0.710. The first kappa shape index (κ1) is 15.7. The van der Waals surface area contributed by atoms with Crippen molar-refractivity contribution in [3.63, 3.8) is 0 Å². The van der Waals surface area contributed by atoms with Crippen LogP contribution in [0.1, 0.15) is 26.7 Å². The molecule has 1 aliphatic rings. The van der Waals surface area contributed by atoms with Crippen molar-refractivity contribution in [3.05, 3.63) is 16.1 Å². The zero-order chi connectivity index (χ0) is 14.7. The van der Waals surface area contributed by atoms with Gasteiger partial charge in [0.25, 0.3) is 0 Å². The molecular formula is C14H21Cl2N3O. The molecule has 0 amide bonds. The summed E-state index contributed by atoms with van der Waals surface area (Å²) in [6.45, 7) is 6.36. The topological polar surface area (TPSA) is 48.4 Å². The number of hydrogen-bond acceptors (Lipinski definition) is 4. The van der Waals surface area contributed by atoms with Gasteiger partial charge in [-0.25, -0.2) is 4.98 Å². The molecule has 112 valence electrons. The van der Waals surface area contributed by atoms with E-state index in [1.807, 2.05) is 4.90 Å². The Morgan fingerprint density at radius 2 is 2.20 bits per heavy atom. The van der Waals surface area contributed by atoms with Gasteiger partial charge in [0.2, 0.25) is 0 Å². The Morgan fingerprint density at radius 3 is 2.85 bits per heavy atom. The van der Waals surface area contributed by atoms with Crippen molar-refractivity contribution >= 4 is 34.8 Å². The van der Waals surface area contributed by atoms with Crippen LogP contribution in [0.25, 0.3) is 0 Å². The highest BCUT2D eigenvalue weighted by Gasteiger charge is 2.26. The zero-order valence-corrected chi connectivity index (χ0v) is 13.4. The van der Waals surface area contributed by atoms with E-state index in [1.165, 1.54) is 0 Å². The summed E-state index contributed by atoms with van der Waals surface area (Å²) in [7, 11) is 0. The maximum atomic E-state index is 10.0. The lowest BCUT2D eigenvalue weighted by Crippen LogP contribution is -2.43. The molecule has 0 spiro atoms. The molecule has 20 heavy (non-hydrogen) atoms. The van der Waals surface area contributed by atoms with Crippen molar-refractivity contribution in [1.29, 1.82) is 0 Å². The van der Waals surface area contributed by atoms with Crippen molar-refractivity contribution in [2.75, 3.05) is 29.9 Å². The molecule has 0 bridgehead atoms. The standard InChI is InChI=1S/C14H21Cl2N3O/c1-3-5-17-13-10(15)7-11(16)14(18-13)19-6-4-9(2)12(20)8-19/h7,9,12,20H,3-6,8H2,1-2H3,(H,17,18). The molecule has 6 heteroatoms. The van der Waals surface area contributed by atoms with E-state index in [0.717, 1.165) is 25.9 Å². The molecule has 2 heterocycles. The Bertz CT molecular complexity index is 470.